The molecule has 0 bridgehead atoms. The minimum absolute atomic E-state index is 0.250. The van der Waals surface area contributed by atoms with Crippen molar-refractivity contribution in [1.82, 2.24) is 5.32 Å². The standard InChI is InChI=1S/C9H18F3NO2S/c1-8(2,16(4,14)15)7(13-3)5-6-9(10,11)12/h7,13H,5-6H2,1-4H3. The summed E-state index contributed by atoms with van der Waals surface area (Å²) in [5, 5.41) is 2.64. The van der Waals surface area contributed by atoms with Crippen molar-refractivity contribution in [2.24, 2.45) is 0 Å². The number of hydrogen-bond acceptors (Lipinski definition) is 3. The molecule has 16 heavy (non-hydrogen) atoms. The van der Waals surface area contributed by atoms with E-state index in [1.54, 1.807) is 0 Å². The van der Waals surface area contributed by atoms with Crippen molar-refractivity contribution in [1.29, 1.82) is 0 Å². The summed E-state index contributed by atoms with van der Waals surface area (Å²) in [7, 11) is -1.94. The Bertz CT molecular complexity index is 322. The van der Waals surface area contributed by atoms with Crippen LogP contribution in [0, 0.1) is 0 Å². The van der Waals surface area contributed by atoms with E-state index in [1.165, 1.54) is 20.9 Å². The van der Waals surface area contributed by atoms with Crippen LogP contribution >= 0.6 is 0 Å². The lowest BCUT2D eigenvalue weighted by atomic mass is 9.98. The van der Waals surface area contributed by atoms with E-state index < -0.39 is 33.2 Å². The van der Waals surface area contributed by atoms with E-state index in [1.807, 2.05) is 0 Å². The lowest BCUT2D eigenvalue weighted by molar-refractivity contribution is -0.136. The topological polar surface area (TPSA) is 46.2 Å². The third-order valence-corrected chi connectivity index (χ3v) is 5.06. The van der Waals surface area contributed by atoms with Gasteiger partial charge >= 0.3 is 6.18 Å². The first-order valence-corrected chi connectivity index (χ1v) is 6.74. The summed E-state index contributed by atoms with van der Waals surface area (Å²) < 4.78 is 57.9. The fourth-order valence-electron chi connectivity index (χ4n) is 1.41. The third kappa shape index (κ3) is 4.29. The fraction of sp³-hybridized carbons (Fsp3) is 1.00. The Balaban J connectivity index is 4.76. The average molecular weight is 261 g/mol. The molecule has 3 nitrogen and oxygen atoms in total. The van der Waals surface area contributed by atoms with Gasteiger partial charge in [0, 0.05) is 18.7 Å². The smallest absolute Gasteiger partial charge is 0.315 e. The molecule has 0 heterocycles. The molecule has 1 atom stereocenters. The van der Waals surface area contributed by atoms with E-state index in [0.29, 0.717) is 0 Å². The van der Waals surface area contributed by atoms with Crippen LogP contribution in [0.3, 0.4) is 0 Å². The zero-order chi connectivity index (χ0) is 13.2. The molecule has 0 saturated heterocycles. The second kappa shape index (κ2) is 4.91. The number of nitrogens with one attached hydrogen (secondary N) is 1. The average Bonchev–Trinajstić information content (AvgIpc) is 2.00. The number of rotatable bonds is 5. The third-order valence-electron chi connectivity index (χ3n) is 2.86. The van der Waals surface area contributed by atoms with E-state index >= 15 is 0 Å². The van der Waals surface area contributed by atoms with Crippen molar-refractivity contribution in [3.8, 4) is 0 Å². The normalized spacial score (nSPS) is 16.2. The Hall–Kier alpha value is -0.300. The Morgan fingerprint density at radius 1 is 1.25 bits per heavy atom. The summed E-state index contributed by atoms with van der Waals surface area (Å²) in [4.78, 5) is 0. The molecule has 0 aliphatic heterocycles. The van der Waals surface area contributed by atoms with Gasteiger partial charge in [0.05, 0.1) is 4.75 Å². The summed E-state index contributed by atoms with van der Waals surface area (Å²) in [6, 6.07) is -0.718. The Morgan fingerprint density at radius 3 is 1.94 bits per heavy atom. The van der Waals surface area contributed by atoms with Crippen molar-refractivity contribution < 1.29 is 21.6 Å². The summed E-state index contributed by atoms with van der Waals surface area (Å²) in [5.41, 5.74) is 0. The highest BCUT2D eigenvalue weighted by Crippen LogP contribution is 2.28. The molecule has 0 aliphatic rings. The molecular formula is C9H18F3NO2S. The number of alkyl halides is 3. The highest BCUT2D eigenvalue weighted by molar-refractivity contribution is 7.92. The first-order chi connectivity index (χ1) is 6.92. The molecule has 0 aromatic carbocycles. The Labute approximate surface area is 94.3 Å². The molecule has 1 N–H and O–H groups in total. The van der Waals surface area contributed by atoms with Gasteiger partial charge < -0.3 is 5.32 Å². The first kappa shape index (κ1) is 15.7. The second-order valence-electron chi connectivity index (χ2n) is 4.37. The predicted octanol–water partition coefficient (Wildman–Crippen LogP) is 1.74. The zero-order valence-corrected chi connectivity index (χ0v) is 10.7. The highest BCUT2D eigenvalue weighted by atomic mass is 32.2. The highest BCUT2D eigenvalue weighted by Gasteiger charge is 2.40. The monoisotopic (exact) mass is 261 g/mol. The molecule has 0 spiro atoms. The van der Waals surface area contributed by atoms with Gasteiger partial charge in [0.25, 0.3) is 0 Å². The number of sulfone groups is 1. The molecule has 0 amide bonds. The van der Waals surface area contributed by atoms with Gasteiger partial charge in [0.2, 0.25) is 0 Å². The second-order valence-corrected chi connectivity index (χ2v) is 6.97. The van der Waals surface area contributed by atoms with Gasteiger partial charge in [-0.05, 0) is 27.3 Å². The van der Waals surface area contributed by atoms with Crippen molar-refractivity contribution in [3.05, 3.63) is 0 Å². The summed E-state index contributed by atoms with van der Waals surface area (Å²) in [6.07, 6.45) is -4.47. The zero-order valence-electron chi connectivity index (χ0n) is 9.85. The number of hydrogen-bond donors (Lipinski definition) is 1. The maximum Gasteiger partial charge on any atom is 0.389 e. The van der Waals surface area contributed by atoms with Crippen molar-refractivity contribution in [2.45, 2.75) is 43.7 Å². The van der Waals surface area contributed by atoms with Gasteiger partial charge in [-0.15, -0.1) is 0 Å². The molecule has 0 fully saturated rings. The molecular weight excluding hydrogens is 243 g/mol. The Morgan fingerprint density at radius 2 is 1.69 bits per heavy atom. The van der Waals surface area contributed by atoms with E-state index in [-0.39, 0.29) is 6.42 Å². The number of halogens is 3. The van der Waals surface area contributed by atoms with E-state index in [4.69, 9.17) is 0 Å². The van der Waals surface area contributed by atoms with E-state index in [9.17, 15) is 21.6 Å². The molecule has 1 unspecified atom stereocenters. The minimum Gasteiger partial charge on any atom is -0.315 e. The molecule has 0 rings (SSSR count). The van der Waals surface area contributed by atoms with Crippen molar-refractivity contribution in [3.63, 3.8) is 0 Å². The lowest BCUT2D eigenvalue weighted by Gasteiger charge is -2.32. The summed E-state index contributed by atoms with van der Waals surface area (Å²) in [6.45, 7) is 2.86. The Kier molecular flexibility index (Phi) is 4.82. The van der Waals surface area contributed by atoms with Gasteiger partial charge in [-0.25, -0.2) is 8.42 Å². The molecule has 0 radical (unpaired) electrons. The van der Waals surface area contributed by atoms with Crippen molar-refractivity contribution >= 4 is 9.84 Å². The first-order valence-electron chi connectivity index (χ1n) is 4.85. The lowest BCUT2D eigenvalue weighted by Crippen LogP contribution is -2.50. The largest absolute Gasteiger partial charge is 0.389 e. The van der Waals surface area contributed by atoms with E-state index in [2.05, 4.69) is 5.32 Å². The summed E-state index contributed by atoms with van der Waals surface area (Å²) in [5.74, 6) is 0. The molecule has 0 aromatic rings. The SMILES string of the molecule is CNC(CCC(F)(F)F)C(C)(C)S(C)(=O)=O. The van der Waals surface area contributed by atoms with E-state index in [0.717, 1.165) is 6.26 Å². The molecule has 0 aliphatic carbocycles. The van der Waals surface area contributed by atoms with Crippen LogP contribution in [0.25, 0.3) is 0 Å². The van der Waals surface area contributed by atoms with Gasteiger partial charge in [-0.3, -0.25) is 0 Å². The predicted molar refractivity (Wildman–Crippen MR) is 57.1 cm³/mol. The van der Waals surface area contributed by atoms with Crippen LogP contribution in [0.1, 0.15) is 26.7 Å². The van der Waals surface area contributed by atoms with Crippen LogP contribution in [0.5, 0.6) is 0 Å². The quantitative estimate of drug-likeness (QED) is 0.820. The van der Waals surface area contributed by atoms with Crippen LogP contribution in [0.15, 0.2) is 0 Å². The maximum absolute atomic E-state index is 12.1. The molecule has 0 saturated carbocycles. The van der Waals surface area contributed by atoms with Gasteiger partial charge in [-0.1, -0.05) is 0 Å². The van der Waals surface area contributed by atoms with Crippen LogP contribution in [-0.4, -0.2) is 38.7 Å². The van der Waals surface area contributed by atoms with Crippen molar-refractivity contribution in [2.75, 3.05) is 13.3 Å². The van der Waals surface area contributed by atoms with Crippen LogP contribution in [0.4, 0.5) is 13.2 Å². The van der Waals surface area contributed by atoms with Crippen LogP contribution < -0.4 is 5.32 Å². The maximum atomic E-state index is 12.1. The molecule has 0 aromatic heterocycles. The van der Waals surface area contributed by atoms with Gasteiger partial charge in [0.15, 0.2) is 9.84 Å². The van der Waals surface area contributed by atoms with Crippen LogP contribution in [0.2, 0.25) is 0 Å². The minimum atomic E-state index is -4.26. The molecule has 7 heteroatoms. The summed E-state index contributed by atoms with van der Waals surface area (Å²) >= 11 is 0. The molecule has 98 valence electrons. The fourth-order valence-corrected chi connectivity index (χ4v) is 2.16. The van der Waals surface area contributed by atoms with Gasteiger partial charge in [-0.2, -0.15) is 13.2 Å². The van der Waals surface area contributed by atoms with Crippen LogP contribution in [-0.2, 0) is 9.84 Å². The van der Waals surface area contributed by atoms with Gasteiger partial charge in [0.1, 0.15) is 0 Å².